The second-order valence-electron chi connectivity index (χ2n) is 2.31. The Morgan fingerprint density at radius 3 is 2.50 bits per heavy atom. The first-order valence-corrected chi connectivity index (χ1v) is 4.66. The summed E-state index contributed by atoms with van der Waals surface area (Å²) < 4.78 is 2.40. The summed E-state index contributed by atoms with van der Waals surface area (Å²) in [4.78, 5) is 0. The maximum absolute atomic E-state index is 3.41. The zero-order valence-electron chi connectivity index (χ0n) is 5.68. The first kappa shape index (κ1) is 6.47. The SMILES string of the molecule is CC1CNP(C)N1C. The molecular formula is C5H13N2P. The third-order valence-corrected chi connectivity index (χ3v) is 3.71. The zero-order chi connectivity index (χ0) is 6.15. The second-order valence-corrected chi connectivity index (χ2v) is 4.30. The minimum Gasteiger partial charge on any atom is -0.282 e. The molecule has 2 nitrogen and oxygen atoms in total. The van der Waals surface area contributed by atoms with Crippen LogP contribution in [0.1, 0.15) is 6.92 Å². The van der Waals surface area contributed by atoms with E-state index in [0.717, 1.165) is 6.04 Å². The molecule has 0 radical (unpaired) electrons. The normalized spacial score (nSPS) is 40.9. The molecule has 2 unspecified atom stereocenters. The van der Waals surface area contributed by atoms with Gasteiger partial charge in [-0.1, -0.05) is 0 Å². The summed E-state index contributed by atoms with van der Waals surface area (Å²) in [5.74, 6) is 0. The predicted octanol–water partition coefficient (Wildman–Crippen LogP) is 0.852. The van der Waals surface area contributed by atoms with Gasteiger partial charge in [0.25, 0.3) is 0 Å². The van der Waals surface area contributed by atoms with Crippen molar-refractivity contribution in [2.45, 2.75) is 13.0 Å². The van der Waals surface area contributed by atoms with Crippen molar-refractivity contribution in [1.82, 2.24) is 9.76 Å². The molecule has 0 saturated carbocycles. The second kappa shape index (κ2) is 2.30. The molecule has 3 heteroatoms. The van der Waals surface area contributed by atoms with Crippen LogP contribution in [-0.4, -0.2) is 31.0 Å². The monoisotopic (exact) mass is 132 g/mol. The van der Waals surface area contributed by atoms with E-state index in [1.807, 2.05) is 0 Å². The van der Waals surface area contributed by atoms with Gasteiger partial charge >= 0.3 is 0 Å². The third-order valence-electron chi connectivity index (χ3n) is 1.73. The van der Waals surface area contributed by atoms with Crippen LogP contribution in [0.5, 0.6) is 0 Å². The summed E-state index contributed by atoms with van der Waals surface area (Å²) in [6.45, 7) is 5.66. The Morgan fingerprint density at radius 2 is 2.38 bits per heavy atom. The van der Waals surface area contributed by atoms with Crippen molar-refractivity contribution in [3.05, 3.63) is 0 Å². The summed E-state index contributed by atoms with van der Waals surface area (Å²) in [6.07, 6.45) is 0. The summed E-state index contributed by atoms with van der Waals surface area (Å²) in [7, 11) is 2.19. The summed E-state index contributed by atoms with van der Waals surface area (Å²) in [5.41, 5.74) is 0. The maximum Gasteiger partial charge on any atom is 0.0334 e. The van der Waals surface area contributed by atoms with Gasteiger partial charge < -0.3 is 0 Å². The van der Waals surface area contributed by atoms with Gasteiger partial charge in [0.05, 0.1) is 0 Å². The van der Waals surface area contributed by atoms with Crippen molar-refractivity contribution >= 4 is 8.22 Å². The molecule has 8 heavy (non-hydrogen) atoms. The van der Waals surface area contributed by atoms with E-state index < -0.39 is 0 Å². The van der Waals surface area contributed by atoms with Crippen molar-refractivity contribution in [2.75, 3.05) is 20.3 Å². The van der Waals surface area contributed by atoms with Crippen molar-refractivity contribution in [1.29, 1.82) is 0 Å². The lowest BCUT2D eigenvalue weighted by Crippen LogP contribution is -2.19. The van der Waals surface area contributed by atoms with Crippen LogP contribution >= 0.6 is 8.22 Å². The van der Waals surface area contributed by atoms with Gasteiger partial charge in [0.2, 0.25) is 0 Å². The van der Waals surface area contributed by atoms with E-state index >= 15 is 0 Å². The van der Waals surface area contributed by atoms with Gasteiger partial charge in [-0.25, -0.2) is 0 Å². The minimum absolute atomic E-state index is 0.0177. The standard InChI is InChI=1S/C5H13N2P/c1-5-4-6-8(3)7(5)2/h5-6H,4H2,1-3H3. The molecule has 1 aliphatic heterocycles. The maximum atomic E-state index is 3.41. The predicted molar refractivity (Wildman–Crippen MR) is 38.1 cm³/mol. The molecule has 0 bridgehead atoms. The molecule has 0 aliphatic carbocycles. The molecule has 48 valence electrons. The Bertz CT molecular complexity index is 76.5. The first-order valence-electron chi connectivity index (χ1n) is 2.92. The highest BCUT2D eigenvalue weighted by molar-refractivity contribution is 7.52. The molecule has 0 aromatic heterocycles. The molecule has 1 rings (SSSR count). The van der Waals surface area contributed by atoms with Crippen molar-refractivity contribution in [3.8, 4) is 0 Å². The highest BCUT2D eigenvalue weighted by Crippen LogP contribution is 2.35. The molecule has 0 aromatic carbocycles. The fourth-order valence-corrected chi connectivity index (χ4v) is 2.23. The largest absolute Gasteiger partial charge is 0.282 e. The summed E-state index contributed by atoms with van der Waals surface area (Å²) >= 11 is 0. The fraction of sp³-hybridized carbons (Fsp3) is 1.00. The highest BCUT2D eigenvalue weighted by atomic mass is 31.1. The van der Waals surface area contributed by atoms with Crippen LogP contribution in [0.2, 0.25) is 0 Å². The number of hydrogen-bond donors (Lipinski definition) is 1. The number of nitrogens with one attached hydrogen (secondary N) is 1. The summed E-state index contributed by atoms with van der Waals surface area (Å²) in [6, 6.07) is 0.742. The Hall–Kier alpha value is 0.350. The van der Waals surface area contributed by atoms with E-state index in [-0.39, 0.29) is 8.22 Å². The summed E-state index contributed by atoms with van der Waals surface area (Å²) in [5, 5.41) is 3.41. The van der Waals surface area contributed by atoms with E-state index in [1.165, 1.54) is 6.54 Å². The highest BCUT2D eigenvalue weighted by Gasteiger charge is 2.21. The average Bonchev–Trinajstić information content (AvgIpc) is 1.98. The lowest BCUT2D eigenvalue weighted by Gasteiger charge is -2.17. The Morgan fingerprint density at radius 1 is 1.75 bits per heavy atom. The molecule has 1 heterocycles. The Labute approximate surface area is 52.1 Å². The Kier molecular flexibility index (Phi) is 1.86. The zero-order valence-corrected chi connectivity index (χ0v) is 6.57. The van der Waals surface area contributed by atoms with Crippen molar-refractivity contribution < 1.29 is 0 Å². The Balaban J connectivity index is 2.44. The quantitative estimate of drug-likeness (QED) is 0.491. The molecular weight excluding hydrogens is 119 g/mol. The van der Waals surface area contributed by atoms with E-state index in [1.54, 1.807) is 0 Å². The lowest BCUT2D eigenvalue weighted by molar-refractivity contribution is 0.464. The van der Waals surface area contributed by atoms with Crippen LogP contribution < -0.4 is 5.09 Å². The van der Waals surface area contributed by atoms with Crippen LogP contribution in [0.3, 0.4) is 0 Å². The number of rotatable bonds is 0. The number of hydrogen-bond acceptors (Lipinski definition) is 2. The van der Waals surface area contributed by atoms with Gasteiger partial charge in [0, 0.05) is 20.8 Å². The topological polar surface area (TPSA) is 15.3 Å². The average molecular weight is 132 g/mol. The molecule has 2 atom stereocenters. The van der Waals surface area contributed by atoms with Gasteiger partial charge in [0.15, 0.2) is 0 Å². The molecule has 1 saturated heterocycles. The number of nitrogens with zero attached hydrogens (tertiary/aromatic N) is 1. The first-order chi connectivity index (χ1) is 3.72. The molecule has 1 N–H and O–H groups in total. The molecule has 1 aliphatic rings. The number of likely N-dealkylation sites (N-methyl/N-ethyl adjacent to an activating group) is 1. The van der Waals surface area contributed by atoms with Crippen molar-refractivity contribution in [2.24, 2.45) is 0 Å². The van der Waals surface area contributed by atoms with Gasteiger partial charge in [-0.15, -0.1) is 0 Å². The minimum atomic E-state index is 0.0177. The molecule has 1 fully saturated rings. The molecule has 0 amide bonds. The van der Waals surface area contributed by atoms with E-state index in [2.05, 4.69) is 30.4 Å². The fourth-order valence-electron chi connectivity index (χ4n) is 0.804. The van der Waals surface area contributed by atoms with E-state index in [9.17, 15) is 0 Å². The third kappa shape index (κ3) is 1.02. The van der Waals surface area contributed by atoms with Gasteiger partial charge in [-0.2, -0.15) is 0 Å². The van der Waals surface area contributed by atoms with Gasteiger partial charge in [-0.3, -0.25) is 9.76 Å². The van der Waals surface area contributed by atoms with E-state index in [4.69, 9.17) is 0 Å². The van der Waals surface area contributed by atoms with Crippen LogP contribution in [0, 0.1) is 0 Å². The van der Waals surface area contributed by atoms with Crippen LogP contribution in [0.15, 0.2) is 0 Å². The van der Waals surface area contributed by atoms with Crippen LogP contribution in [-0.2, 0) is 0 Å². The van der Waals surface area contributed by atoms with Crippen molar-refractivity contribution in [3.63, 3.8) is 0 Å². The van der Waals surface area contributed by atoms with Gasteiger partial charge in [0.1, 0.15) is 0 Å². The molecule has 0 spiro atoms. The van der Waals surface area contributed by atoms with Crippen LogP contribution in [0.4, 0.5) is 0 Å². The lowest BCUT2D eigenvalue weighted by atomic mass is 10.4. The van der Waals surface area contributed by atoms with E-state index in [0.29, 0.717) is 0 Å². The smallest absolute Gasteiger partial charge is 0.0334 e. The van der Waals surface area contributed by atoms with Crippen LogP contribution in [0.25, 0.3) is 0 Å². The molecule has 0 aromatic rings. The van der Waals surface area contributed by atoms with Gasteiger partial charge in [-0.05, 0) is 20.6 Å².